The van der Waals surface area contributed by atoms with Gasteiger partial charge >= 0.3 is 0 Å². The largest absolute Gasteiger partial charge is 0.497 e. The maximum Gasteiger partial charge on any atom is 0.261 e. The highest BCUT2D eigenvalue weighted by Crippen LogP contribution is 2.31. The highest BCUT2D eigenvalue weighted by Gasteiger charge is 2.30. The zero-order valence-electron chi connectivity index (χ0n) is 17.4. The van der Waals surface area contributed by atoms with Gasteiger partial charge in [-0.1, -0.05) is 12.1 Å². The summed E-state index contributed by atoms with van der Waals surface area (Å²) in [5, 5.41) is 0. The Bertz CT molecular complexity index is 1040. The first kappa shape index (κ1) is 20.2. The van der Waals surface area contributed by atoms with Crippen molar-refractivity contribution in [1.82, 2.24) is 4.90 Å². The van der Waals surface area contributed by atoms with Gasteiger partial charge in [-0.25, -0.2) is 4.39 Å². The second-order valence-electron chi connectivity index (χ2n) is 7.58. The lowest BCUT2D eigenvalue weighted by Gasteiger charge is -2.27. The van der Waals surface area contributed by atoms with Gasteiger partial charge in [-0.15, -0.1) is 0 Å². The number of anilines is 1. The van der Waals surface area contributed by atoms with Gasteiger partial charge in [-0.3, -0.25) is 9.69 Å². The third-order valence-corrected chi connectivity index (χ3v) is 5.60. The molecule has 30 heavy (non-hydrogen) atoms. The van der Waals surface area contributed by atoms with Gasteiger partial charge < -0.3 is 14.1 Å². The minimum atomic E-state index is -0.236. The lowest BCUT2D eigenvalue weighted by Crippen LogP contribution is -2.32. The van der Waals surface area contributed by atoms with Crippen LogP contribution in [0.5, 0.6) is 5.75 Å². The molecule has 0 atom stereocenters. The zero-order chi connectivity index (χ0) is 21.3. The lowest BCUT2D eigenvalue weighted by molar-refractivity contribution is 0.0989. The van der Waals surface area contributed by atoms with Gasteiger partial charge in [0.1, 0.15) is 23.1 Å². The van der Waals surface area contributed by atoms with E-state index in [2.05, 4.69) is 4.90 Å². The predicted octanol–water partition coefficient (Wildman–Crippen LogP) is 4.57. The highest BCUT2D eigenvalue weighted by atomic mass is 19.1. The molecule has 2 aromatic carbocycles. The summed E-state index contributed by atoms with van der Waals surface area (Å²) in [5.41, 5.74) is 3.41. The van der Waals surface area contributed by atoms with Crippen LogP contribution in [0.2, 0.25) is 0 Å². The first-order valence-electron chi connectivity index (χ1n) is 9.96. The number of rotatable bonds is 5. The van der Waals surface area contributed by atoms with E-state index in [-0.39, 0.29) is 11.7 Å². The molecule has 2 heterocycles. The van der Waals surface area contributed by atoms with Crippen LogP contribution >= 0.6 is 0 Å². The van der Waals surface area contributed by atoms with E-state index in [4.69, 9.17) is 9.15 Å². The summed E-state index contributed by atoms with van der Waals surface area (Å²) in [5.74, 6) is 1.95. The SMILES string of the molecule is COc1ccc(N(C)C(=O)c2c(C)oc3c2CN(Cc2ccc(F)cc2)CC3)cc1. The predicted molar refractivity (Wildman–Crippen MR) is 113 cm³/mol. The van der Waals surface area contributed by atoms with Crippen molar-refractivity contribution >= 4 is 11.6 Å². The second-order valence-corrected chi connectivity index (χ2v) is 7.58. The second kappa shape index (κ2) is 8.32. The molecule has 1 aliphatic rings. The molecular weight excluding hydrogens is 383 g/mol. The van der Waals surface area contributed by atoms with E-state index in [9.17, 15) is 9.18 Å². The van der Waals surface area contributed by atoms with Crippen molar-refractivity contribution in [2.24, 2.45) is 0 Å². The standard InChI is InChI=1S/C24H25FN2O3/c1-16-23(24(28)26(2)19-8-10-20(29-3)11-9-19)21-15-27(13-12-22(21)30-16)14-17-4-6-18(25)7-5-17/h4-11H,12-15H2,1-3H3. The monoisotopic (exact) mass is 408 g/mol. The smallest absolute Gasteiger partial charge is 0.261 e. The number of methoxy groups -OCH3 is 1. The molecule has 1 amide bonds. The summed E-state index contributed by atoms with van der Waals surface area (Å²) in [7, 11) is 3.38. The van der Waals surface area contributed by atoms with E-state index in [0.717, 1.165) is 41.3 Å². The van der Waals surface area contributed by atoms with Crippen LogP contribution in [0.3, 0.4) is 0 Å². The van der Waals surface area contributed by atoms with Gasteiger partial charge in [-0.05, 0) is 48.9 Å². The molecule has 156 valence electrons. The number of halogens is 1. The first-order chi connectivity index (χ1) is 14.5. The van der Waals surface area contributed by atoms with E-state index in [1.807, 2.05) is 31.2 Å². The number of aryl methyl sites for hydroxylation is 1. The molecule has 1 aromatic heterocycles. The lowest BCUT2D eigenvalue weighted by atomic mass is 10.0. The Morgan fingerprint density at radius 1 is 1.17 bits per heavy atom. The molecule has 5 nitrogen and oxygen atoms in total. The van der Waals surface area contributed by atoms with Gasteiger partial charge in [0.2, 0.25) is 0 Å². The van der Waals surface area contributed by atoms with E-state index < -0.39 is 0 Å². The maximum absolute atomic E-state index is 13.3. The number of hydrogen-bond donors (Lipinski definition) is 0. The van der Waals surface area contributed by atoms with E-state index in [1.54, 1.807) is 31.2 Å². The summed E-state index contributed by atoms with van der Waals surface area (Å²) in [4.78, 5) is 17.2. The third kappa shape index (κ3) is 3.96. The molecule has 0 bridgehead atoms. The van der Waals surface area contributed by atoms with Crippen molar-refractivity contribution < 1.29 is 18.3 Å². The molecule has 6 heteroatoms. The summed E-state index contributed by atoms with van der Waals surface area (Å²) >= 11 is 0. The fraction of sp³-hybridized carbons (Fsp3) is 0.292. The highest BCUT2D eigenvalue weighted by molar-refractivity contribution is 6.07. The first-order valence-corrected chi connectivity index (χ1v) is 9.96. The molecule has 0 unspecified atom stereocenters. The molecule has 0 saturated carbocycles. The van der Waals surface area contributed by atoms with Crippen LogP contribution in [-0.4, -0.2) is 31.5 Å². The van der Waals surface area contributed by atoms with Crippen molar-refractivity contribution in [3.63, 3.8) is 0 Å². The van der Waals surface area contributed by atoms with Crippen molar-refractivity contribution in [3.8, 4) is 5.75 Å². The number of nitrogens with zero attached hydrogens (tertiary/aromatic N) is 2. The van der Waals surface area contributed by atoms with Crippen LogP contribution in [0.15, 0.2) is 52.9 Å². The molecule has 0 saturated heterocycles. The maximum atomic E-state index is 13.3. The van der Waals surface area contributed by atoms with Crippen LogP contribution in [0.25, 0.3) is 0 Å². The van der Waals surface area contributed by atoms with Crippen molar-refractivity contribution in [2.45, 2.75) is 26.4 Å². The molecule has 0 radical (unpaired) electrons. The minimum absolute atomic E-state index is 0.0914. The van der Waals surface area contributed by atoms with Crippen molar-refractivity contribution in [2.75, 3.05) is 25.6 Å². The average Bonchev–Trinajstić information content (AvgIpc) is 3.09. The van der Waals surface area contributed by atoms with Gasteiger partial charge in [0.05, 0.1) is 12.7 Å². The Morgan fingerprint density at radius 2 is 1.87 bits per heavy atom. The fourth-order valence-electron chi connectivity index (χ4n) is 3.93. The summed E-state index contributed by atoms with van der Waals surface area (Å²) in [6.45, 7) is 4.00. The summed E-state index contributed by atoms with van der Waals surface area (Å²) < 4.78 is 24.3. The normalized spacial score (nSPS) is 13.7. The Morgan fingerprint density at radius 3 is 2.53 bits per heavy atom. The number of furan rings is 1. The molecule has 0 spiro atoms. The number of hydrogen-bond acceptors (Lipinski definition) is 4. The molecule has 0 aliphatic carbocycles. The Balaban J connectivity index is 1.56. The molecule has 0 N–H and O–H groups in total. The molecular formula is C24H25FN2O3. The van der Waals surface area contributed by atoms with Gasteiger partial charge in [-0.2, -0.15) is 0 Å². The number of carbonyl (C=O) groups excluding carboxylic acids is 1. The number of carbonyl (C=O) groups is 1. The van der Waals surface area contributed by atoms with Crippen molar-refractivity contribution in [1.29, 1.82) is 0 Å². The van der Waals surface area contributed by atoms with Crippen LogP contribution < -0.4 is 9.64 Å². The quantitative estimate of drug-likeness (QED) is 0.620. The summed E-state index contributed by atoms with van der Waals surface area (Å²) in [6.07, 6.45) is 0.747. The Kier molecular flexibility index (Phi) is 5.59. The van der Waals surface area contributed by atoms with Gasteiger partial charge in [0.15, 0.2) is 0 Å². The third-order valence-electron chi connectivity index (χ3n) is 5.60. The van der Waals surface area contributed by atoms with Crippen LogP contribution in [0.4, 0.5) is 10.1 Å². The van der Waals surface area contributed by atoms with Crippen LogP contribution in [0, 0.1) is 12.7 Å². The van der Waals surface area contributed by atoms with Crippen LogP contribution in [0.1, 0.15) is 33.0 Å². The van der Waals surface area contributed by atoms with E-state index in [1.165, 1.54) is 12.1 Å². The minimum Gasteiger partial charge on any atom is -0.497 e. The fourth-order valence-corrected chi connectivity index (χ4v) is 3.93. The average molecular weight is 408 g/mol. The topological polar surface area (TPSA) is 45.9 Å². The summed E-state index contributed by atoms with van der Waals surface area (Å²) in [6, 6.07) is 13.9. The molecule has 3 aromatic rings. The Labute approximate surface area is 175 Å². The zero-order valence-corrected chi connectivity index (χ0v) is 17.4. The van der Waals surface area contributed by atoms with Crippen LogP contribution in [-0.2, 0) is 19.5 Å². The number of amides is 1. The molecule has 0 fully saturated rings. The number of benzene rings is 2. The van der Waals surface area contributed by atoms with Crippen molar-refractivity contribution in [3.05, 3.63) is 82.6 Å². The van der Waals surface area contributed by atoms with E-state index in [0.29, 0.717) is 24.4 Å². The van der Waals surface area contributed by atoms with Gasteiger partial charge in [0.25, 0.3) is 5.91 Å². The Hall–Kier alpha value is -3.12. The number of fused-ring (bicyclic) bond motifs is 1. The van der Waals surface area contributed by atoms with E-state index >= 15 is 0 Å². The molecule has 4 rings (SSSR count). The van der Waals surface area contributed by atoms with Gasteiger partial charge in [0, 0.05) is 44.4 Å². The molecule has 1 aliphatic heterocycles. The number of ether oxygens (including phenoxy) is 1.